The van der Waals surface area contributed by atoms with Gasteiger partial charge in [-0.25, -0.2) is 0 Å². The molecule has 0 amide bonds. The van der Waals surface area contributed by atoms with E-state index in [4.69, 9.17) is 5.11 Å². The Balaban J connectivity index is 2.87. The lowest BCUT2D eigenvalue weighted by Gasteiger charge is -2.23. The summed E-state index contributed by atoms with van der Waals surface area (Å²) < 4.78 is 0. The highest BCUT2D eigenvalue weighted by Crippen LogP contribution is 2.20. The minimum Gasteiger partial charge on any atom is -0.481 e. The number of benzene rings is 1. The summed E-state index contributed by atoms with van der Waals surface area (Å²) in [5.74, 6) is -0.795. The van der Waals surface area contributed by atoms with Crippen molar-refractivity contribution < 1.29 is 9.90 Å². The molecule has 0 saturated carbocycles. The lowest BCUT2D eigenvalue weighted by atomic mass is 10.0. The van der Waals surface area contributed by atoms with Crippen molar-refractivity contribution in [3.05, 3.63) is 29.3 Å². The second-order valence-electron chi connectivity index (χ2n) is 5.09. The molecule has 1 aromatic carbocycles. The van der Waals surface area contributed by atoms with Gasteiger partial charge in [-0.15, -0.1) is 0 Å². The Labute approximate surface area is 96.5 Å². The summed E-state index contributed by atoms with van der Waals surface area (Å²) in [6.07, 6.45) is 0.0800. The van der Waals surface area contributed by atoms with Crippen molar-refractivity contribution in [3.8, 4) is 0 Å². The van der Waals surface area contributed by atoms with Gasteiger partial charge in [-0.05, 0) is 44.9 Å². The number of hydrogen-bond donors (Lipinski definition) is 2. The normalized spacial score (nSPS) is 11.2. The fourth-order valence-corrected chi connectivity index (χ4v) is 1.55. The minimum absolute atomic E-state index is 0.0130. The Morgan fingerprint density at radius 3 is 2.44 bits per heavy atom. The molecule has 0 heterocycles. The van der Waals surface area contributed by atoms with Crippen LogP contribution in [0.25, 0.3) is 0 Å². The molecule has 0 spiro atoms. The summed E-state index contributed by atoms with van der Waals surface area (Å²) in [5.41, 5.74) is 2.98. The summed E-state index contributed by atoms with van der Waals surface area (Å²) in [6.45, 7) is 8.27. The predicted molar refractivity (Wildman–Crippen MR) is 65.9 cm³/mol. The Kier molecular flexibility index (Phi) is 3.58. The number of anilines is 1. The fraction of sp³-hybridized carbons (Fsp3) is 0.462. The van der Waals surface area contributed by atoms with Gasteiger partial charge in [-0.2, -0.15) is 0 Å². The zero-order valence-electron chi connectivity index (χ0n) is 10.3. The van der Waals surface area contributed by atoms with E-state index in [1.54, 1.807) is 0 Å². The Morgan fingerprint density at radius 2 is 2.00 bits per heavy atom. The molecular formula is C13H19NO2. The molecule has 0 fully saturated rings. The van der Waals surface area contributed by atoms with Gasteiger partial charge in [-0.3, -0.25) is 4.79 Å². The monoisotopic (exact) mass is 221 g/mol. The molecule has 0 saturated heterocycles. The number of aliphatic carboxylic acids is 1. The highest BCUT2D eigenvalue weighted by molar-refractivity contribution is 5.70. The lowest BCUT2D eigenvalue weighted by Crippen LogP contribution is -2.26. The molecule has 0 atom stereocenters. The Morgan fingerprint density at radius 1 is 1.38 bits per heavy atom. The first kappa shape index (κ1) is 12.6. The van der Waals surface area contributed by atoms with E-state index >= 15 is 0 Å². The van der Waals surface area contributed by atoms with Crippen LogP contribution in [0.2, 0.25) is 0 Å². The first-order valence-electron chi connectivity index (χ1n) is 5.37. The van der Waals surface area contributed by atoms with Gasteiger partial charge < -0.3 is 10.4 Å². The van der Waals surface area contributed by atoms with Crippen molar-refractivity contribution in [3.63, 3.8) is 0 Å². The number of hydrogen-bond acceptors (Lipinski definition) is 2. The van der Waals surface area contributed by atoms with Crippen molar-refractivity contribution >= 4 is 11.7 Å². The third kappa shape index (κ3) is 3.93. The smallest absolute Gasteiger partial charge is 0.307 e. The van der Waals surface area contributed by atoms with E-state index in [0.717, 1.165) is 16.8 Å². The van der Waals surface area contributed by atoms with Crippen LogP contribution in [0, 0.1) is 6.92 Å². The molecule has 1 rings (SSSR count). The number of carboxylic acid groups (broad SMARTS) is 1. The van der Waals surface area contributed by atoms with Crippen molar-refractivity contribution in [2.45, 2.75) is 39.7 Å². The van der Waals surface area contributed by atoms with Crippen LogP contribution in [0.1, 0.15) is 31.9 Å². The number of carbonyl (C=O) groups is 1. The van der Waals surface area contributed by atoms with Crippen LogP contribution in [-0.4, -0.2) is 16.6 Å². The standard InChI is InChI=1S/C13H19NO2/c1-9-7-10(8-12(15)16)5-6-11(9)14-13(2,3)4/h5-7,14H,8H2,1-4H3,(H,15,16). The molecule has 2 N–H and O–H groups in total. The van der Waals surface area contributed by atoms with E-state index in [2.05, 4.69) is 26.1 Å². The summed E-state index contributed by atoms with van der Waals surface area (Å²) >= 11 is 0. The van der Waals surface area contributed by atoms with Crippen LogP contribution < -0.4 is 5.32 Å². The highest BCUT2D eigenvalue weighted by Gasteiger charge is 2.11. The number of rotatable bonds is 3. The molecule has 16 heavy (non-hydrogen) atoms. The zero-order chi connectivity index (χ0) is 12.3. The summed E-state index contributed by atoms with van der Waals surface area (Å²) in [5, 5.41) is 12.1. The SMILES string of the molecule is Cc1cc(CC(=O)O)ccc1NC(C)(C)C. The molecule has 0 radical (unpaired) electrons. The Bertz CT molecular complexity index is 391. The van der Waals surface area contributed by atoms with E-state index in [1.807, 2.05) is 25.1 Å². The fourth-order valence-electron chi connectivity index (χ4n) is 1.55. The maximum atomic E-state index is 10.6. The summed E-state index contributed by atoms with van der Waals surface area (Å²) in [6, 6.07) is 5.72. The quantitative estimate of drug-likeness (QED) is 0.825. The van der Waals surface area contributed by atoms with Crippen molar-refractivity contribution in [1.29, 1.82) is 0 Å². The highest BCUT2D eigenvalue weighted by atomic mass is 16.4. The molecule has 0 unspecified atom stereocenters. The van der Waals surface area contributed by atoms with Crippen LogP contribution in [0.4, 0.5) is 5.69 Å². The maximum Gasteiger partial charge on any atom is 0.307 e. The molecule has 3 heteroatoms. The van der Waals surface area contributed by atoms with Gasteiger partial charge >= 0.3 is 5.97 Å². The van der Waals surface area contributed by atoms with Gasteiger partial charge in [0.05, 0.1) is 6.42 Å². The first-order chi connectivity index (χ1) is 7.28. The average Bonchev–Trinajstić information content (AvgIpc) is 2.06. The van der Waals surface area contributed by atoms with Crippen LogP contribution in [-0.2, 0) is 11.2 Å². The second kappa shape index (κ2) is 4.56. The number of aryl methyl sites for hydroxylation is 1. The van der Waals surface area contributed by atoms with Gasteiger partial charge in [0.1, 0.15) is 0 Å². The molecule has 0 aromatic heterocycles. The topological polar surface area (TPSA) is 49.3 Å². The van der Waals surface area contributed by atoms with E-state index < -0.39 is 5.97 Å². The summed E-state index contributed by atoms with van der Waals surface area (Å²) in [7, 11) is 0. The maximum absolute atomic E-state index is 10.6. The van der Waals surface area contributed by atoms with Crippen LogP contribution >= 0.6 is 0 Å². The largest absolute Gasteiger partial charge is 0.481 e. The molecule has 0 aliphatic heterocycles. The van der Waals surface area contributed by atoms with Crippen LogP contribution in [0.5, 0.6) is 0 Å². The van der Waals surface area contributed by atoms with Crippen LogP contribution in [0.3, 0.4) is 0 Å². The molecular weight excluding hydrogens is 202 g/mol. The van der Waals surface area contributed by atoms with Gasteiger partial charge in [0, 0.05) is 11.2 Å². The number of nitrogens with one attached hydrogen (secondary N) is 1. The first-order valence-corrected chi connectivity index (χ1v) is 5.37. The van der Waals surface area contributed by atoms with Gasteiger partial charge in [-0.1, -0.05) is 12.1 Å². The predicted octanol–water partition coefficient (Wildman–Crippen LogP) is 2.83. The zero-order valence-corrected chi connectivity index (χ0v) is 10.3. The molecule has 0 bridgehead atoms. The molecule has 1 aromatic rings. The third-order valence-electron chi connectivity index (χ3n) is 2.16. The Hall–Kier alpha value is -1.51. The van der Waals surface area contributed by atoms with Gasteiger partial charge in [0.15, 0.2) is 0 Å². The third-order valence-corrected chi connectivity index (χ3v) is 2.16. The van der Waals surface area contributed by atoms with E-state index in [9.17, 15) is 4.79 Å². The van der Waals surface area contributed by atoms with Crippen molar-refractivity contribution in [1.82, 2.24) is 0 Å². The van der Waals surface area contributed by atoms with Crippen LogP contribution in [0.15, 0.2) is 18.2 Å². The average molecular weight is 221 g/mol. The minimum atomic E-state index is -0.795. The van der Waals surface area contributed by atoms with E-state index in [0.29, 0.717) is 0 Å². The van der Waals surface area contributed by atoms with Gasteiger partial charge in [0.2, 0.25) is 0 Å². The van der Waals surface area contributed by atoms with E-state index in [-0.39, 0.29) is 12.0 Å². The van der Waals surface area contributed by atoms with Gasteiger partial charge in [0.25, 0.3) is 0 Å². The molecule has 0 aliphatic carbocycles. The second-order valence-corrected chi connectivity index (χ2v) is 5.09. The molecule has 88 valence electrons. The van der Waals surface area contributed by atoms with Crippen molar-refractivity contribution in [2.75, 3.05) is 5.32 Å². The van der Waals surface area contributed by atoms with E-state index in [1.165, 1.54) is 0 Å². The summed E-state index contributed by atoms with van der Waals surface area (Å²) in [4.78, 5) is 10.6. The van der Waals surface area contributed by atoms with Crippen molar-refractivity contribution in [2.24, 2.45) is 0 Å². The molecule has 0 aliphatic rings. The molecule has 3 nitrogen and oxygen atoms in total. The lowest BCUT2D eigenvalue weighted by molar-refractivity contribution is -0.136. The number of carboxylic acids is 1.